The second-order valence-corrected chi connectivity index (χ2v) is 8.60. The van der Waals surface area contributed by atoms with E-state index < -0.39 is 0 Å². The van der Waals surface area contributed by atoms with E-state index in [0.717, 1.165) is 24.0 Å². The summed E-state index contributed by atoms with van der Waals surface area (Å²) in [6, 6.07) is 10.6. The number of benzene rings is 2. The third-order valence-corrected chi connectivity index (χ3v) is 5.89. The van der Waals surface area contributed by atoms with Gasteiger partial charge in [-0.15, -0.1) is 0 Å². The fourth-order valence-corrected chi connectivity index (χ4v) is 3.90. The highest BCUT2D eigenvalue weighted by Gasteiger charge is 2.24. The second kappa shape index (κ2) is 9.67. The van der Waals surface area contributed by atoms with Crippen molar-refractivity contribution in [1.29, 1.82) is 0 Å². The van der Waals surface area contributed by atoms with Crippen LogP contribution in [-0.4, -0.2) is 34.9 Å². The van der Waals surface area contributed by atoms with Crippen LogP contribution in [0.1, 0.15) is 40.7 Å². The number of halogens is 1. The molecule has 1 aliphatic rings. The largest absolute Gasteiger partial charge is 0.457 e. The number of pyridine rings is 1. The van der Waals surface area contributed by atoms with Crippen molar-refractivity contribution < 1.29 is 19.4 Å². The number of rotatable bonds is 9. The first-order chi connectivity index (χ1) is 15.4. The average Bonchev–Trinajstić information content (AvgIpc) is 3.57. The molecule has 0 spiro atoms. The SMILES string of the molecule is Cc1cc2nccc(Oc3ccc(CC(=O)CC4CC4)c(Cl)c3)c2cc1C(=O)NCCO. The molecule has 7 heteroatoms. The molecule has 0 atom stereocenters. The van der Waals surface area contributed by atoms with Crippen molar-refractivity contribution in [2.75, 3.05) is 13.2 Å². The summed E-state index contributed by atoms with van der Waals surface area (Å²) in [5.41, 5.74) is 2.77. The first-order valence-corrected chi connectivity index (χ1v) is 11.1. The standard InChI is InChI=1S/C25H25ClN2O4/c1-15-10-23-21(14-20(15)25(31)28-8-9-29)24(6-7-27-23)32-19-5-4-17(22(26)13-19)12-18(30)11-16-2-3-16/h4-7,10,13-14,16,29H,2-3,8-9,11-12H2,1H3,(H,28,31). The summed E-state index contributed by atoms with van der Waals surface area (Å²) in [6.45, 7) is 1.89. The van der Waals surface area contributed by atoms with Crippen molar-refractivity contribution in [1.82, 2.24) is 10.3 Å². The molecule has 1 aromatic heterocycles. The van der Waals surface area contributed by atoms with Crippen LogP contribution in [0.2, 0.25) is 5.02 Å². The van der Waals surface area contributed by atoms with E-state index in [1.165, 1.54) is 0 Å². The van der Waals surface area contributed by atoms with Gasteiger partial charge in [0.1, 0.15) is 17.3 Å². The van der Waals surface area contributed by atoms with Crippen LogP contribution < -0.4 is 10.1 Å². The number of hydrogen-bond donors (Lipinski definition) is 2. The number of aromatic nitrogens is 1. The number of ether oxygens (including phenoxy) is 1. The van der Waals surface area contributed by atoms with Gasteiger partial charge < -0.3 is 15.2 Å². The molecule has 2 N–H and O–H groups in total. The topological polar surface area (TPSA) is 88.5 Å². The maximum Gasteiger partial charge on any atom is 0.251 e. The van der Waals surface area contributed by atoms with Gasteiger partial charge in [-0.25, -0.2) is 0 Å². The zero-order chi connectivity index (χ0) is 22.7. The van der Waals surface area contributed by atoms with E-state index in [1.54, 1.807) is 30.5 Å². The predicted octanol–water partition coefficient (Wildman–Crippen LogP) is 4.62. The lowest BCUT2D eigenvalue weighted by Crippen LogP contribution is -2.27. The molecule has 0 saturated heterocycles. The van der Waals surface area contributed by atoms with Gasteiger partial charge in [-0.1, -0.05) is 17.7 Å². The third-order valence-electron chi connectivity index (χ3n) is 5.54. The Morgan fingerprint density at radius 2 is 2.03 bits per heavy atom. The monoisotopic (exact) mass is 452 g/mol. The Kier molecular flexibility index (Phi) is 6.72. The number of carbonyl (C=O) groups excluding carboxylic acids is 2. The number of carbonyl (C=O) groups is 2. The van der Waals surface area contributed by atoms with Crippen LogP contribution in [0, 0.1) is 12.8 Å². The van der Waals surface area contributed by atoms with E-state index in [1.807, 2.05) is 19.1 Å². The lowest BCUT2D eigenvalue weighted by atomic mass is 10.0. The Hall–Kier alpha value is -2.96. The molecule has 32 heavy (non-hydrogen) atoms. The van der Waals surface area contributed by atoms with Gasteiger partial charge in [-0.2, -0.15) is 0 Å². The highest BCUT2D eigenvalue weighted by atomic mass is 35.5. The summed E-state index contributed by atoms with van der Waals surface area (Å²) < 4.78 is 6.08. The molecular weight excluding hydrogens is 428 g/mol. The Morgan fingerprint density at radius 1 is 1.22 bits per heavy atom. The minimum atomic E-state index is -0.267. The van der Waals surface area contributed by atoms with Crippen molar-refractivity contribution in [2.24, 2.45) is 5.92 Å². The number of ketones is 1. The van der Waals surface area contributed by atoms with Crippen LogP contribution in [0.15, 0.2) is 42.6 Å². The molecule has 3 aromatic rings. The molecule has 2 aromatic carbocycles. The number of aliphatic hydroxyl groups is 1. The molecule has 0 radical (unpaired) electrons. The molecule has 4 rings (SSSR count). The lowest BCUT2D eigenvalue weighted by molar-refractivity contribution is -0.118. The zero-order valence-electron chi connectivity index (χ0n) is 17.9. The molecule has 1 aliphatic carbocycles. The molecule has 6 nitrogen and oxygen atoms in total. The van der Waals surface area contributed by atoms with E-state index in [0.29, 0.717) is 51.7 Å². The fraction of sp³-hybridized carbons (Fsp3) is 0.320. The van der Waals surface area contributed by atoms with Crippen molar-refractivity contribution >= 4 is 34.2 Å². The number of fused-ring (bicyclic) bond motifs is 1. The quantitative estimate of drug-likeness (QED) is 0.494. The van der Waals surface area contributed by atoms with Gasteiger partial charge in [0.25, 0.3) is 5.91 Å². The summed E-state index contributed by atoms with van der Waals surface area (Å²) in [5, 5.41) is 12.8. The van der Waals surface area contributed by atoms with E-state index >= 15 is 0 Å². The first-order valence-electron chi connectivity index (χ1n) is 10.7. The number of Topliss-reactive ketones (excluding diaryl/α,β-unsaturated/α-hetero) is 1. The highest BCUT2D eigenvalue weighted by molar-refractivity contribution is 6.31. The van der Waals surface area contributed by atoms with Crippen LogP contribution in [0.3, 0.4) is 0 Å². The minimum absolute atomic E-state index is 0.128. The van der Waals surface area contributed by atoms with Gasteiger partial charge in [-0.3, -0.25) is 14.6 Å². The predicted molar refractivity (Wildman–Crippen MR) is 123 cm³/mol. The number of aliphatic hydroxyl groups excluding tert-OH is 1. The lowest BCUT2D eigenvalue weighted by Gasteiger charge is -2.13. The van der Waals surface area contributed by atoms with Crippen molar-refractivity contribution in [3.8, 4) is 11.5 Å². The average molecular weight is 453 g/mol. The van der Waals surface area contributed by atoms with E-state index in [4.69, 9.17) is 21.4 Å². The van der Waals surface area contributed by atoms with Crippen LogP contribution in [0.4, 0.5) is 0 Å². The second-order valence-electron chi connectivity index (χ2n) is 8.19. The van der Waals surface area contributed by atoms with E-state index in [2.05, 4.69) is 10.3 Å². The summed E-state index contributed by atoms with van der Waals surface area (Å²) in [5.74, 6) is 1.58. The fourth-order valence-electron chi connectivity index (χ4n) is 3.66. The van der Waals surface area contributed by atoms with Gasteiger partial charge in [-0.05, 0) is 67.1 Å². The third kappa shape index (κ3) is 5.26. The summed E-state index contributed by atoms with van der Waals surface area (Å²) in [4.78, 5) is 29.0. The minimum Gasteiger partial charge on any atom is -0.457 e. The number of amides is 1. The Labute approximate surface area is 191 Å². The number of aryl methyl sites for hydroxylation is 1. The molecule has 1 saturated carbocycles. The smallest absolute Gasteiger partial charge is 0.251 e. The van der Waals surface area contributed by atoms with Gasteiger partial charge >= 0.3 is 0 Å². The van der Waals surface area contributed by atoms with Crippen LogP contribution in [0.25, 0.3) is 10.9 Å². The molecular formula is C25H25ClN2O4. The summed E-state index contributed by atoms with van der Waals surface area (Å²) >= 11 is 6.43. The summed E-state index contributed by atoms with van der Waals surface area (Å²) in [7, 11) is 0. The van der Waals surface area contributed by atoms with Gasteiger partial charge in [0, 0.05) is 41.6 Å². The highest BCUT2D eigenvalue weighted by Crippen LogP contribution is 2.35. The first kappa shape index (κ1) is 22.2. The zero-order valence-corrected chi connectivity index (χ0v) is 18.6. The molecule has 0 unspecified atom stereocenters. The van der Waals surface area contributed by atoms with Gasteiger partial charge in [0.05, 0.1) is 12.1 Å². The molecule has 166 valence electrons. The van der Waals surface area contributed by atoms with Gasteiger partial charge in [0.15, 0.2) is 0 Å². The Morgan fingerprint density at radius 3 is 2.75 bits per heavy atom. The van der Waals surface area contributed by atoms with Crippen molar-refractivity contribution in [3.05, 3.63) is 64.3 Å². The van der Waals surface area contributed by atoms with Crippen molar-refractivity contribution in [2.45, 2.75) is 32.6 Å². The van der Waals surface area contributed by atoms with Crippen LogP contribution >= 0.6 is 11.6 Å². The van der Waals surface area contributed by atoms with E-state index in [9.17, 15) is 9.59 Å². The van der Waals surface area contributed by atoms with Gasteiger partial charge in [0.2, 0.25) is 0 Å². The normalized spacial score (nSPS) is 13.2. The number of nitrogens with one attached hydrogen (secondary N) is 1. The Bertz CT molecular complexity index is 1170. The molecule has 1 amide bonds. The maximum atomic E-state index is 12.5. The number of hydrogen-bond acceptors (Lipinski definition) is 5. The molecule has 0 aliphatic heterocycles. The molecule has 1 heterocycles. The number of nitrogens with zero attached hydrogens (tertiary/aromatic N) is 1. The Balaban J connectivity index is 1.57. The van der Waals surface area contributed by atoms with E-state index in [-0.39, 0.29) is 24.8 Å². The summed E-state index contributed by atoms with van der Waals surface area (Å²) in [6.07, 6.45) is 4.91. The van der Waals surface area contributed by atoms with Crippen LogP contribution in [0.5, 0.6) is 11.5 Å². The maximum absolute atomic E-state index is 12.5. The molecule has 0 bridgehead atoms. The molecule has 1 fully saturated rings. The van der Waals surface area contributed by atoms with Crippen molar-refractivity contribution in [3.63, 3.8) is 0 Å². The van der Waals surface area contributed by atoms with Crippen LogP contribution in [-0.2, 0) is 11.2 Å².